The first-order chi connectivity index (χ1) is 10.2. The normalized spacial score (nSPS) is 20.6. The maximum Gasteiger partial charge on any atom is 0.255 e. The predicted octanol–water partition coefficient (Wildman–Crippen LogP) is 2.17. The molecule has 22 heavy (non-hydrogen) atoms. The monoisotopic (exact) mass is 343 g/mol. The highest BCUT2D eigenvalue weighted by Crippen LogP contribution is 2.32. The summed E-state index contributed by atoms with van der Waals surface area (Å²) in [7, 11) is 1.60. The highest BCUT2D eigenvalue weighted by molar-refractivity contribution is 7.22. The lowest BCUT2D eigenvalue weighted by atomic mass is 10.2. The van der Waals surface area contributed by atoms with Crippen LogP contribution in [0.2, 0.25) is 0 Å². The number of nitrogens with one attached hydrogen (secondary N) is 1. The summed E-state index contributed by atoms with van der Waals surface area (Å²) < 4.78 is 11.8. The average molecular weight is 344 g/mol. The number of methoxy groups -OCH3 is 1. The summed E-state index contributed by atoms with van der Waals surface area (Å²) in [6.07, 6.45) is 1.06. The van der Waals surface area contributed by atoms with Crippen LogP contribution in [0.1, 0.15) is 12.8 Å². The molecule has 2 aromatic rings. The SMILES string of the molecule is COc1cccc2sc(NC(=O)[C@@H]3CC[C@H](CN)O3)nc12.Cl. The molecule has 0 spiro atoms. The van der Waals surface area contributed by atoms with Gasteiger partial charge in [-0.05, 0) is 25.0 Å². The lowest BCUT2D eigenvalue weighted by molar-refractivity contribution is -0.126. The van der Waals surface area contributed by atoms with Crippen LogP contribution in [0.3, 0.4) is 0 Å². The molecule has 1 aromatic heterocycles. The van der Waals surface area contributed by atoms with Crippen LogP contribution in [-0.2, 0) is 9.53 Å². The molecule has 0 aliphatic carbocycles. The summed E-state index contributed by atoms with van der Waals surface area (Å²) in [5, 5.41) is 3.37. The number of halogens is 1. The standard InChI is InChI=1S/C14H17N3O3S.ClH/c1-19-9-3-2-4-11-12(9)16-14(21-11)17-13(18)10-6-5-8(7-15)20-10;/h2-4,8,10H,5-7,15H2,1H3,(H,16,17,18);1H/t8-,10+;/m1./s1. The van der Waals surface area contributed by atoms with E-state index in [1.165, 1.54) is 11.3 Å². The summed E-state index contributed by atoms with van der Waals surface area (Å²) in [6.45, 7) is 0.447. The number of hydrogen-bond donors (Lipinski definition) is 2. The van der Waals surface area contributed by atoms with Gasteiger partial charge in [0, 0.05) is 6.54 Å². The van der Waals surface area contributed by atoms with Gasteiger partial charge in [0.05, 0.1) is 17.9 Å². The van der Waals surface area contributed by atoms with Crippen LogP contribution < -0.4 is 15.8 Å². The van der Waals surface area contributed by atoms with Crippen LogP contribution in [0.5, 0.6) is 5.75 Å². The van der Waals surface area contributed by atoms with Crippen molar-refractivity contribution in [3.05, 3.63) is 18.2 Å². The van der Waals surface area contributed by atoms with Crippen molar-refractivity contribution in [2.75, 3.05) is 19.0 Å². The molecule has 1 aliphatic heterocycles. The fourth-order valence-corrected chi connectivity index (χ4v) is 3.29. The minimum Gasteiger partial charge on any atom is -0.494 e. The van der Waals surface area contributed by atoms with E-state index in [0.717, 1.165) is 16.6 Å². The van der Waals surface area contributed by atoms with Gasteiger partial charge in [-0.3, -0.25) is 10.1 Å². The predicted molar refractivity (Wildman–Crippen MR) is 89.0 cm³/mol. The van der Waals surface area contributed by atoms with E-state index in [-0.39, 0.29) is 24.4 Å². The van der Waals surface area contributed by atoms with Gasteiger partial charge < -0.3 is 15.2 Å². The first-order valence-electron chi connectivity index (χ1n) is 6.81. The zero-order valence-electron chi connectivity index (χ0n) is 12.1. The number of hydrogen-bond acceptors (Lipinski definition) is 6. The lowest BCUT2D eigenvalue weighted by Gasteiger charge is -2.11. The maximum atomic E-state index is 12.2. The first-order valence-corrected chi connectivity index (χ1v) is 7.63. The number of rotatable bonds is 4. The van der Waals surface area contributed by atoms with Crippen molar-refractivity contribution in [2.24, 2.45) is 5.73 Å². The van der Waals surface area contributed by atoms with Gasteiger partial charge in [-0.2, -0.15) is 0 Å². The maximum absolute atomic E-state index is 12.2. The van der Waals surface area contributed by atoms with Crippen LogP contribution in [0.4, 0.5) is 5.13 Å². The Labute approximate surface area is 138 Å². The smallest absolute Gasteiger partial charge is 0.255 e. The van der Waals surface area contributed by atoms with Gasteiger partial charge in [-0.1, -0.05) is 17.4 Å². The van der Waals surface area contributed by atoms with E-state index >= 15 is 0 Å². The van der Waals surface area contributed by atoms with E-state index < -0.39 is 6.10 Å². The minimum absolute atomic E-state index is 0. The number of nitrogens with zero attached hydrogens (tertiary/aromatic N) is 1. The number of fused-ring (bicyclic) bond motifs is 1. The molecule has 3 rings (SSSR count). The molecule has 1 aromatic carbocycles. The van der Waals surface area contributed by atoms with Crippen molar-refractivity contribution in [3.8, 4) is 5.75 Å². The molecule has 8 heteroatoms. The Bertz CT molecular complexity index is 664. The molecule has 120 valence electrons. The number of aromatic nitrogens is 1. The molecular weight excluding hydrogens is 326 g/mol. The molecule has 0 radical (unpaired) electrons. The van der Waals surface area contributed by atoms with Crippen molar-refractivity contribution < 1.29 is 14.3 Å². The molecule has 0 saturated carbocycles. The second-order valence-electron chi connectivity index (χ2n) is 4.88. The van der Waals surface area contributed by atoms with E-state index in [4.69, 9.17) is 15.2 Å². The first kappa shape index (κ1) is 17.0. The number of benzene rings is 1. The van der Waals surface area contributed by atoms with Crippen LogP contribution >= 0.6 is 23.7 Å². The van der Waals surface area contributed by atoms with Crippen molar-refractivity contribution in [1.82, 2.24) is 4.98 Å². The molecule has 0 unspecified atom stereocenters. The van der Waals surface area contributed by atoms with E-state index in [1.54, 1.807) is 7.11 Å². The molecule has 2 atom stereocenters. The number of anilines is 1. The number of para-hydroxylation sites is 1. The number of carbonyl (C=O) groups excluding carboxylic acids is 1. The third kappa shape index (κ3) is 3.33. The Morgan fingerprint density at radius 3 is 3.05 bits per heavy atom. The number of nitrogens with two attached hydrogens (primary N) is 1. The van der Waals surface area contributed by atoms with Gasteiger partial charge in [-0.25, -0.2) is 4.98 Å². The van der Waals surface area contributed by atoms with Gasteiger partial charge in [0.1, 0.15) is 17.4 Å². The summed E-state index contributed by atoms with van der Waals surface area (Å²) >= 11 is 1.42. The summed E-state index contributed by atoms with van der Waals surface area (Å²) in [5.74, 6) is 0.536. The second-order valence-corrected chi connectivity index (χ2v) is 5.91. The van der Waals surface area contributed by atoms with E-state index in [0.29, 0.717) is 23.8 Å². The van der Waals surface area contributed by atoms with Gasteiger partial charge in [0.2, 0.25) is 0 Å². The van der Waals surface area contributed by atoms with E-state index in [1.807, 2.05) is 18.2 Å². The van der Waals surface area contributed by atoms with Crippen molar-refractivity contribution in [2.45, 2.75) is 25.0 Å². The fourth-order valence-electron chi connectivity index (χ4n) is 2.40. The summed E-state index contributed by atoms with van der Waals surface area (Å²) in [5.41, 5.74) is 6.31. The average Bonchev–Trinajstić information content (AvgIpc) is 3.12. The minimum atomic E-state index is -0.438. The van der Waals surface area contributed by atoms with Crippen LogP contribution in [0, 0.1) is 0 Å². The number of amides is 1. The molecule has 2 heterocycles. The third-order valence-corrected chi connectivity index (χ3v) is 4.43. The molecule has 6 nitrogen and oxygen atoms in total. The van der Waals surface area contributed by atoms with Gasteiger partial charge >= 0.3 is 0 Å². The van der Waals surface area contributed by atoms with Gasteiger partial charge in [0.15, 0.2) is 5.13 Å². The molecular formula is C14H18ClN3O3S. The molecule has 3 N–H and O–H groups in total. The summed E-state index contributed by atoms with van der Waals surface area (Å²) in [6, 6.07) is 5.69. The quantitative estimate of drug-likeness (QED) is 0.888. The molecule has 0 bridgehead atoms. The Kier molecular flexibility index (Phi) is 5.57. The Hall–Kier alpha value is -1.41. The Balaban J connectivity index is 0.00000176. The molecule has 1 aliphatic rings. The highest BCUT2D eigenvalue weighted by Gasteiger charge is 2.30. The number of ether oxygens (including phenoxy) is 2. The van der Waals surface area contributed by atoms with Crippen LogP contribution in [0.25, 0.3) is 10.2 Å². The third-order valence-electron chi connectivity index (χ3n) is 3.49. The molecule has 1 amide bonds. The largest absolute Gasteiger partial charge is 0.494 e. The Morgan fingerprint density at radius 2 is 2.36 bits per heavy atom. The van der Waals surface area contributed by atoms with Crippen LogP contribution in [0.15, 0.2) is 18.2 Å². The van der Waals surface area contributed by atoms with E-state index in [9.17, 15) is 4.79 Å². The molecule has 1 fully saturated rings. The van der Waals surface area contributed by atoms with Gasteiger partial charge in [0.25, 0.3) is 5.91 Å². The Morgan fingerprint density at radius 1 is 1.55 bits per heavy atom. The lowest BCUT2D eigenvalue weighted by Crippen LogP contribution is -2.29. The van der Waals surface area contributed by atoms with Gasteiger partial charge in [-0.15, -0.1) is 12.4 Å². The zero-order valence-corrected chi connectivity index (χ0v) is 13.7. The second kappa shape index (κ2) is 7.23. The highest BCUT2D eigenvalue weighted by atomic mass is 35.5. The van der Waals surface area contributed by atoms with E-state index in [2.05, 4.69) is 10.3 Å². The zero-order chi connectivity index (χ0) is 14.8. The summed E-state index contributed by atoms with van der Waals surface area (Å²) in [4.78, 5) is 16.6. The number of thiazole rings is 1. The van der Waals surface area contributed by atoms with Crippen molar-refractivity contribution in [1.29, 1.82) is 0 Å². The van der Waals surface area contributed by atoms with Crippen LogP contribution in [-0.4, -0.2) is 36.8 Å². The topological polar surface area (TPSA) is 86.5 Å². The number of carbonyl (C=O) groups is 1. The fraction of sp³-hybridized carbons (Fsp3) is 0.429. The van der Waals surface area contributed by atoms with Crippen molar-refractivity contribution in [3.63, 3.8) is 0 Å². The molecule has 1 saturated heterocycles. The van der Waals surface area contributed by atoms with Crippen molar-refractivity contribution >= 4 is 45.0 Å².